The van der Waals surface area contributed by atoms with E-state index in [-0.39, 0.29) is 11.9 Å². The van der Waals surface area contributed by atoms with E-state index in [2.05, 4.69) is 34.6 Å². The predicted octanol–water partition coefficient (Wildman–Crippen LogP) is 7.10. The third-order valence-electron chi connectivity index (χ3n) is 7.73. The van der Waals surface area contributed by atoms with Crippen molar-refractivity contribution in [2.45, 2.75) is 58.8 Å². The summed E-state index contributed by atoms with van der Waals surface area (Å²) in [5, 5.41) is 3.02. The molecule has 6 heteroatoms. The van der Waals surface area contributed by atoms with E-state index < -0.39 is 0 Å². The van der Waals surface area contributed by atoms with Crippen LogP contribution in [0.5, 0.6) is 0 Å². The molecule has 5 rings (SSSR count). The van der Waals surface area contributed by atoms with Gasteiger partial charge in [0.2, 0.25) is 0 Å². The molecule has 4 aromatic rings. The summed E-state index contributed by atoms with van der Waals surface area (Å²) < 4.78 is 7.03. The fourth-order valence-electron chi connectivity index (χ4n) is 5.56. The monoisotopic (exact) mass is 509 g/mol. The minimum Gasteiger partial charge on any atom is -0.466 e. The van der Waals surface area contributed by atoms with Crippen LogP contribution >= 0.6 is 0 Å². The molecule has 0 aliphatic heterocycles. The summed E-state index contributed by atoms with van der Waals surface area (Å²) in [5.41, 5.74) is 7.56. The first-order chi connectivity index (χ1) is 18.4. The number of aromatic nitrogens is 2. The van der Waals surface area contributed by atoms with E-state index in [0.717, 1.165) is 59.3 Å². The molecule has 0 bridgehead atoms. The van der Waals surface area contributed by atoms with Crippen molar-refractivity contribution in [3.8, 4) is 11.1 Å². The number of pyridine rings is 1. The second kappa shape index (κ2) is 11.2. The van der Waals surface area contributed by atoms with E-state index in [1.54, 1.807) is 6.20 Å². The molecule has 0 radical (unpaired) electrons. The summed E-state index contributed by atoms with van der Waals surface area (Å²) in [5.74, 6) is 0.703. The lowest BCUT2D eigenvalue weighted by Gasteiger charge is -2.28. The number of ether oxygens (including phenoxy) is 1. The van der Waals surface area contributed by atoms with E-state index in [1.165, 1.54) is 5.56 Å². The third-order valence-corrected chi connectivity index (χ3v) is 7.73. The van der Waals surface area contributed by atoms with Gasteiger partial charge in [0.1, 0.15) is 11.3 Å². The lowest BCUT2D eigenvalue weighted by atomic mass is 9.77. The van der Waals surface area contributed by atoms with E-state index in [1.807, 2.05) is 61.7 Å². The predicted molar refractivity (Wildman–Crippen MR) is 150 cm³/mol. The number of benzene rings is 2. The number of carbonyl (C=O) groups excluding carboxylic acids is 2. The number of rotatable bonds is 7. The van der Waals surface area contributed by atoms with E-state index in [9.17, 15) is 9.59 Å². The Labute approximate surface area is 224 Å². The maximum atomic E-state index is 12.9. The van der Waals surface area contributed by atoms with Crippen molar-refractivity contribution < 1.29 is 14.3 Å². The summed E-state index contributed by atoms with van der Waals surface area (Å²) >= 11 is 0. The van der Waals surface area contributed by atoms with Crippen LogP contribution in [0.1, 0.15) is 72.1 Å². The van der Waals surface area contributed by atoms with Gasteiger partial charge in [0.25, 0.3) is 5.91 Å². The number of para-hydroxylation sites is 1. The molecule has 1 N–H and O–H groups in total. The summed E-state index contributed by atoms with van der Waals surface area (Å²) in [6.45, 7) is 6.29. The Morgan fingerprint density at radius 2 is 1.61 bits per heavy atom. The molecule has 0 unspecified atom stereocenters. The number of hydrogen-bond donors (Lipinski definition) is 1. The maximum absolute atomic E-state index is 12.9. The normalized spacial score (nSPS) is 17.3. The second-order valence-corrected chi connectivity index (χ2v) is 10.4. The van der Waals surface area contributed by atoms with E-state index in [0.29, 0.717) is 30.6 Å². The number of imidazole rings is 1. The first-order valence-corrected chi connectivity index (χ1v) is 13.5. The van der Waals surface area contributed by atoms with Gasteiger partial charge in [0.15, 0.2) is 0 Å². The SMILES string of the molecule is CCOC(=O)CC1CCC(c2ccc(-c3ccc4nc(C(=O)Nc5c(C)cccc5C)cn4c3)cc2)CC1. The van der Waals surface area contributed by atoms with Crippen LogP contribution in [0, 0.1) is 19.8 Å². The fourth-order valence-corrected chi connectivity index (χ4v) is 5.56. The van der Waals surface area contributed by atoms with Crippen LogP contribution in [-0.2, 0) is 9.53 Å². The number of carbonyl (C=O) groups is 2. The average Bonchev–Trinajstić information content (AvgIpc) is 3.35. The molecule has 1 saturated carbocycles. The molecule has 0 spiro atoms. The number of fused-ring (bicyclic) bond motifs is 1. The highest BCUT2D eigenvalue weighted by atomic mass is 16.5. The molecule has 0 atom stereocenters. The van der Waals surface area contributed by atoms with Gasteiger partial charge in [0.05, 0.1) is 6.61 Å². The van der Waals surface area contributed by atoms with Gasteiger partial charge >= 0.3 is 5.97 Å². The Hall–Kier alpha value is -3.93. The molecule has 2 aromatic carbocycles. The highest BCUT2D eigenvalue weighted by Crippen LogP contribution is 2.37. The van der Waals surface area contributed by atoms with Gasteiger partial charge in [-0.15, -0.1) is 0 Å². The maximum Gasteiger partial charge on any atom is 0.306 e. The average molecular weight is 510 g/mol. The molecular formula is C32H35N3O3. The molecule has 1 aliphatic carbocycles. The van der Waals surface area contributed by atoms with Crippen molar-refractivity contribution in [1.29, 1.82) is 0 Å². The minimum atomic E-state index is -0.214. The zero-order valence-corrected chi connectivity index (χ0v) is 22.4. The van der Waals surface area contributed by atoms with E-state index >= 15 is 0 Å². The lowest BCUT2D eigenvalue weighted by Crippen LogP contribution is -2.17. The molecule has 6 nitrogen and oxygen atoms in total. The fraction of sp³-hybridized carbons (Fsp3) is 0.344. The van der Waals surface area contributed by atoms with Crippen LogP contribution < -0.4 is 5.32 Å². The molecule has 2 aromatic heterocycles. The zero-order valence-electron chi connectivity index (χ0n) is 22.4. The van der Waals surface area contributed by atoms with Gasteiger partial charge in [-0.25, -0.2) is 4.98 Å². The number of amides is 1. The number of aryl methyl sites for hydroxylation is 2. The van der Waals surface area contributed by atoms with Crippen molar-refractivity contribution in [3.63, 3.8) is 0 Å². The van der Waals surface area contributed by atoms with Crippen LogP contribution in [0.4, 0.5) is 5.69 Å². The second-order valence-electron chi connectivity index (χ2n) is 10.4. The number of anilines is 1. The summed E-state index contributed by atoms with van der Waals surface area (Å²) in [7, 11) is 0. The van der Waals surface area contributed by atoms with Crippen LogP contribution in [-0.4, -0.2) is 27.9 Å². The van der Waals surface area contributed by atoms with Crippen molar-refractivity contribution in [1.82, 2.24) is 9.38 Å². The Balaban J connectivity index is 1.25. The van der Waals surface area contributed by atoms with Crippen molar-refractivity contribution in [2.75, 3.05) is 11.9 Å². The molecule has 38 heavy (non-hydrogen) atoms. The third kappa shape index (κ3) is 5.64. The van der Waals surface area contributed by atoms with Gasteiger partial charge in [-0.3, -0.25) is 9.59 Å². The largest absolute Gasteiger partial charge is 0.466 e. The Bertz CT molecular complexity index is 1430. The van der Waals surface area contributed by atoms with Crippen LogP contribution in [0.25, 0.3) is 16.8 Å². The van der Waals surface area contributed by atoms with E-state index in [4.69, 9.17) is 4.74 Å². The quantitative estimate of drug-likeness (QED) is 0.270. The Morgan fingerprint density at radius 3 is 2.29 bits per heavy atom. The number of esters is 1. The summed E-state index contributed by atoms with van der Waals surface area (Å²) in [4.78, 5) is 29.3. The number of nitrogens with zero attached hydrogens (tertiary/aromatic N) is 2. The van der Waals surface area contributed by atoms with Gasteiger partial charge in [0, 0.05) is 24.5 Å². The molecule has 196 valence electrons. The van der Waals surface area contributed by atoms with Crippen molar-refractivity contribution >= 4 is 23.2 Å². The van der Waals surface area contributed by atoms with Gasteiger partial charge in [-0.1, -0.05) is 42.5 Å². The molecular weight excluding hydrogens is 474 g/mol. The molecule has 0 saturated heterocycles. The first-order valence-electron chi connectivity index (χ1n) is 13.5. The van der Waals surface area contributed by atoms with Crippen LogP contribution in [0.3, 0.4) is 0 Å². The van der Waals surface area contributed by atoms with Gasteiger partial charge < -0.3 is 14.5 Å². The van der Waals surface area contributed by atoms with Crippen LogP contribution in [0.15, 0.2) is 67.0 Å². The smallest absolute Gasteiger partial charge is 0.306 e. The highest BCUT2D eigenvalue weighted by Gasteiger charge is 2.24. The minimum absolute atomic E-state index is 0.0655. The summed E-state index contributed by atoms with van der Waals surface area (Å²) in [6.07, 6.45) is 8.71. The molecule has 1 amide bonds. The number of hydrogen-bond acceptors (Lipinski definition) is 4. The van der Waals surface area contributed by atoms with Gasteiger partial charge in [-0.2, -0.15) is 0 Å². The van der Waals surface area contributed by atoms with Crippen molar-refractivity contribution in [2.24, 2.45) is 5.92 Å². The lowest BCUT2D eigenvalue weighted by molar-refractivity contribution is -0.144. The summed E-state index contributed by atoms with van der Waals surface area (Å²) in [6, 6.07) is 18.8. The first kappa shape index (κ1) is 25.7. The standard InChI is InChI=1S/C32H35N3O3/c1-4-38-30(36)18-23-8-10-24(11-9-23)25-12-14-26(15-13-25)27-16-17-29-33-28(20-35(29)19-27)32(37)34-31-21(2)6-5-7-22(31)3/h5-7,12-17,19-20,23-24H,4,8-11,18H2,1-3H3,(H,34,37). The molecule has 1 aliphatic rings. The zero-order chi connectivity index (χ0) is 26.6. The Morgan fingerprint density at radius 1 is 0.921 bits per heavy atom. The number of nitrogens with one attached hydrogen (secondary N) is 1. The van der Waals surface area contributed by atoms with Crippen molar-refractivity contribution in [3.05, 3.63) is 89.4 Å². The Kier molecular flexibility index (Phi) is 7.59. The highest BCUT2D eigenvalue weighted by molar-refractivity contribution is 6.04. The van der Waals surface area contributed by atoms with Crippen LogP contribution in [0.2, 0.25) is 0 Å². The molecule has 1 fully saturated rings. The van der Waals surface area contributed by atoms with Gasteiger partial charge in [-0.05, 0) is 98.2 Å². The molecule has 2 heterocycles. The topological polar surface area (TPSA) is 72.7 Å².